The highest BCUT2D eigenvalue weighted by molar-refractivity contribution is 6.31. The van der Waals surface area contributed by atoms with Gasteiger partial charge < -0.3 is 10.4 Å². The molecule has 0 radical (unpaired) electrons. The lowest BCUT2D eigenvalue weighted by Gasteiger charge is -2.08. The Morgan fingerprint density at radius 3 is 2.76 bits per heavy atom. The van der Waals surface area contributed by atoms with Crippen LogP contribution in [0, 0.1) is 11.3 Å². The maximum absolute atomic E-state index is 12.1. The van der Waals surface area contributed by atoms with E-state index in [0.717, 1.165) is 0 Å². The average Bonchev–Trinajstić information content (AvgIpc) is 2.47. The fourth-order valence-electron chi connectivity index (χ4n) is 1.66. The molecular formula is C14H8ClN3O3. The van der Waals surface area contributed by atoms with Gasteiger partial charge in [-0.3, -0.25) is 9.78 Å². The number of carboxylic acid groups (broad SMARTS) is 1. The highest BCUT2D eigenvalue weighted by atomic mass is 35.5. The van der Waals surface area contributed by atoms with Crippen molar-refractivity contribution in [2.75, 3.05) is 5.32 Å². The van der Waals surface area contributed by atoms with Gasteiger partial charge in [0.25, 0.3) is 5.91 Å². The molecule has 0 aliphatic heterocycles. The fourth-order valence-corrected chi connectivity index (χ4v) is 1.83. The van der Waals surface area contributed by atoms with Crippen molar-refractivity contribution in [3.8, 4) is 6.07 Å². The van der Waals surface area contributed by atoms with Gasteiger partial charge in [0.2, 0.25) is 0 Å². The predicted octanol–water partition coefficient (Wildman–Crippen LogP) is 2.56. The molecule has 2 rings (SSSR count). The minimum absolute atomic E-state index is 0.192. The summed E-state index contributed by atoms with van der Waals surface area (Å²) in [6.45, 7) is 0. The summed E-state index contributed by atoms with van der Waals surface area (Å²) in [6.07, 6.45) is 1.31. The predicted molar refractivity (Wildman–Crippen MR) is 75.3 cm³/mol. The lowest BCUT2D eigenvalue weighted by atomic mass is 10.1. The van der Waals surface area contributed by atoms with Crippen LogP contribution in [0.2, 0.25) is 5.02 Å². The maximum Gasteiger partial charge on any atom is 0.338 e. The van der Waals surface area contributed by atoms with E-state index in [1.807, 2.05) is 6.07 Å². The molecule has 0 saturated carbocycles. The standard InChI is InChI=1S/C14H8ClN3O3/c15-9-4-3-8(7-16)11(6-9)18-13(19)12-10(14(20)21)2-1-5-17-12/h1-6H,(H,18,19)(H,20,21). The average molecular weight is 302 g/mol. The number of rotatable bonds is 3. The largest absolute Gasteiger partial charge is 0.478 e. The fraction of sp³-hybridized carbons (Fsp3) is 0. The molecule has 2 aromatic rings. The second-order valence-electron chi connectivity index (χ2n) is 3.96. The molecule has 2 N–H and O–H groups in total. The summed E-state index contributed by atoms with van der Waals surface area (Å²) >= 11 is 5.81. The lowest BCUT2D eigenvalue weighted by molar-refractivity contribution is 0.0691. The summed E-state index contributed by atoms with van der Waals surface area (Å²) < 4.78 is 0. The van der Waals surface area contributed by atoms with Gasteiger partial charge in [0.05, 0.1) is 16.8 Å². The number of aromatic carboxylic acids is 1. The zero-order chi connectivity index (χ0) is 15.4. The van der Waals surface area contributed by atoms with Gasteiger partial charge in [-0.25, -0.2) is 4.79 Å². The van der Waals surface area contributed by atoms with E-state index < -0.39 is 11.9 Å². The Balaban J connectivity index is 2.38. The van der Waals surface area contributed by atoms with Crippen LogP contribution in [0.5, 0.6) is 0 Å². The molecule has 0 atom stereocenters. The normalized spacial score (nSPS) is 9.71. The number of nitriles is 1. The Morgan fingerprint density at radius 2 is 2.10 bits per heavy atom. The van der Waals surface area contributed by atoms with Crippen molar-refractivity contribution in [3.05, 3.63) is 58.4 Å². The number of hydrogen-bond donors (Lipinski definition) is 2. The molecule has 21 heavy (non-hydrogen) atoms. The van der Waals surface area contributed by atoms with Crippen molar-refractivity contribution < 1.29 is 14.7 Å². The Kier molecular flexibility index (Phi) is 4.16. The summed E-state index contributed by atoms with van der Waals surface area (Å²) in [5.41, 5.74) is -0.0676. The molecule has 1 aromatic heterocycles. The monoisotopic (exact) mass is 301 g/mol. The van der Waals surface area contributed by atoms with E-state index in [1.165, 1.54) is 36.5 Å². The molecule has 0 saturated heterocycles. The van der Waals surface area contributed by atoms with Crippen molar-refractivity contribution in [2.24, 2.45) is 0 Å². The van der Waals surface area contributed by atoms with Crippen LogP contribution in [0.1, 0.15) is 26.4 Å². The van der Waals surface area contributed by atoms with E-state index >= 15 is 0 Å². The minimum atomic E-state index is -1.26. The number of aromatic nitrogens is 1. The third-order valence-corrected chi connectivity index (χ3v) is 2.84. The van der Waals surface area contributed by atoms with Gasteiger partial charge in [-0.1, -0.05) is 11.6 Å². The first kappa shape index (κ1) is 14.5. The molecule has 7 heteroatoms. The maximum atomic E-state index is 12.1. The molecule has 0 aliphatic carbocycles. The Labute approximate surface area is 124 Å². The van der Waals surface area contributed by atoms with Crippen LogP contribution < -0.4 is 5.32 Å². The van der Waals surface area contributed by atoms with Crippen molar-refractivity contribution in [3.63, 3.8) is 0 Å². The van der Waals surface area contributed by atoms with Crippen molar-refractivity contribution in [1.82, 2.24) is 4.98 Å². The molecule has 0 unspecified atom stereocenters. The number of amides is 1. The van der Waals surface area contributed by atoms with Crippen LogP contribution in [-0.2, 0) is 0 Å². The summed E-state index contributed by atoms with van der Waals surface area (Å²) in [7, 11) is 0. The van der Waals surface area contributed by atoms with Crippen LogP contribution >= 0.6 is 11.6 Å². The van der Waals surface area contributed by atoms with Crippen LogP contribution in [0.25, 0.3) is 0 Å². The number of nitrogens with zero attached hydrogens (tertiary/aromatic N) is 2. The Hall–Kier alpha value is -2.91. The summed E-state index contributed by atoms with van der Waals surface area (Å²) in [5, 5.41) is 20.8. The van der Waals surface area contributed by atoms with Crippen LogP contribution in [0.15, 0.2) is 36.5 Å². The van der Waals surface area contributed by atoms with Gasteiger partial charge in [0.15, 0.2) is 0 Å². The van der Waals surface area contributed by atoms with Gasteiger partial charge in [-0.2, -0.15) is 5.26 Å². The molecule has 0 spiro atoms. The van der Waals surface area contributed by atoms with Crippen LogP contribution in [0.3, 0.4) is 0 Å². The summed E-state index contributed by atoms with van der Waals surface area (Å²) in [4.78, 5) is 27.0. The number of pyridine rings is 1. The number of carbonyl (C=O) groups is 2. The molecule has 0 fully saturated rings. The first-order valence-electron chi connectivity index (χ1n) is 5.72. The third kappa shape index (κ3) is 3.16. The number of nitrogens with one attached hydrogen (secondary N) is 1. The first-order chi connectivity index (χ1) is 10.0. The SMILES string of the molecule is N#Cc1ccc(Cl)cc1NC(=O)c1ncccc1C(=O)O. The molecule has 1 aromatic carbocycles. The zero-order valence-corrected chi connectivity index (χ0v) is 11.3. The number of halogens is 1. The van der Waals surface area contributed by atoms with E-state index in [1.54, 1.807) is 0 Å². The number of anilines is 1. The third-order valence-electron chi connectivity index (χ3n) is 2.60. The van der Waals surface area contributed by atoms with E-state index in [-0.39, 0.29) is 22.5 Å². The van der Waals surface area contributed by atoms with Crippen LogP contribution in [0.4, 0.5) is 5.69 Å². The molecule has 104 valence electrons. The highest BCUT2D eigenvalue weighted by Gasteiger charge is 2.18. The second-order valence-corrected chi connectivity index (χ2v) is 4.40. The lowest BCUT2D eigenvalue weighted by Crippen LogP contribution is -2.18. The topological polar surface area (TPSA) is 103 Å². The Morgan fingerprint density at radius 1 is 1.33 bits per heavy atom. The van der Waals surface area contributed by atoms with E-state index in [4.69, 9.17) is 22.0 Å². The number of carbonyl (C=O) groups excluding carboxylic acids is 1. The smallest absolute Gasteiger partial charge is 0.338 e. The number of benzene rings is 1. The first-order valence-corrected chi connectivity index (χ1v) is 6.10. The van der Waals surface area contributed by atoms with E-state index in [0.29, 0.717) is 5.02 Å². The molecule has 1 heterocycles. The molecule has 6 nitrogen and oxygen atoms in total. The second kappa shape index (κ2) is 6.03. The van der Waals surface area contributed by atoms with Crippen molar-refractivity contribution >= 4 is 29.2 Å². The summed E-state index contributed by atoms with van der Waals surface area (Å²) in [5.74, 6) is -1.99. The molecule has 0 bridgehead atoms. The van der Waals surface area contributed by atoms with Gasteiger partial charge in [0, 0.05) is 11.2 Å². The zero-order valence-electron chi connectivity index (χ0n) is 10.5. The van der Waals surface area contributed by atoms with Crippen molar-refractivity contribution in [1.29, 1.82) is 5.26 Å². The van der Waals surface area contributed by atoms with Crippen molar-refractivity contribution in [2.45, 2.75) is 0 Å². The molecule has 1 amide bonds. The van der Waals surface area contributed by atoms with Gasteiger partial charge in [-0.05, 0) is 30.3 Å². The van der Waals surface area contributed by atoms with E-state index in [2.05, 4.69) is 10.3 Å². The van der Waals surface area contributed by atoms with Gasteiger partial charge >= 0.3 is 5.97 Å². The number of carboxylic acids is 1. The quantitative estimate of drug-likeness (QED) is 0.906. The minimum Gasteiger partial charge on any atom is -0.478 e. The highest BCUT2D eigenvalue weighted by Crippen LogP contribution is 2.21. The summed E-state index contributed by atoms with van der Waals surface area (Å²) in [6, 6.07) is 8.97. The van der Waals surface area contributed by atoms with E-state index in [9.17, 15) is 9.59 Å². The van der Waals surface area contributed by atoms with Gasteiger partial charge in [-0.15, -0.1) is 0 Å². The number of hydrogen-bond acceptors (Lipinski definition) is 4. The Bertz CT molecular complexity index is 768. The van der Waals surface area contributed by atoms with Gasteiger partial charge in [0.1, 0.15) is 11.8 Å². The molecule has 0 aliphatic rings. The van der Waals surface area contributed by atoms with Crippen LogP contribution in [-0.4, -0.2) is 22.0 Å². The molecular weight excluding hydrogens is 294 g/mol.